The molecule has 0 aliphatic rings. The second-order valence-electron chi connectivity index (χ2n) is 7.42. The molecule has 7 nitrogen and oxygen atoms in total. The quantitative estimate of drug-likeness (QED) is 0.442. The number of benzene rings is 2. The summed E-state index contributed by atoms with van der Waals surface area (Å²) < 4.78 is 15.5. The smallest absolute Gasteiger partial charge is 0.337 e. The number of aromatic nitrogens is 4. The molecule has 0 aliphatic heterocycles. The summed E-state index contributed by atoms with van der Waals surface area (Å²) in [4.78, 5) is 20.6. The van der Waals surface area contributed by atoms with Gasteiger partial charge < -0.3 is 10.4 Å². The minimum Gasteiger partial charge on any atom is -0.478 e. The van der Waals surface area contributed by atoms with Gasteiger partial charge in [-0.3, -0.25) is 4.98 Å². The van der Waals surface area contributed by atoms with E-state index in [0.29, 0.717) is 28.7 Å². The maximum absolute atomic E-state index is 13.9. The highest BCUT2D eigenvalue weighted by Gasteiger charge is 2.18. The fourth-order valence-electron chi connectivity index (χ4n) is 3.39. The predicted molar refractivity (Wildman–Crippen MR) is 120 cm³/mol. The van der Waals surface area contributed by atoms with Crippen LogP contribution in [0.3, 0.4) is 0 Å². The van der Waals surface area contributed by atoms with E-state index >= 15 is 0 Å². The van der Waals surface area contributed by atoms with Crippen molar-refractivity contribution in [2.45, 2.75) is 27.2 Å². The van der Waals surface area contributed by atoms with Crippen LogP contribution < -0.4 is 5.32 Å². The number of carboxylic acids is 1. The minimum atomic E-state index is -1.17. The first kappa shape index (κ1) is 21.2. The van der Waals surface area contributed by atoms with Crippen LogP contribution in [0.4, 0.5) is 15.9 Å². The maximum Gasteiger partial charge on any atom is 0.337 e. The summed E-state index contributed by atoms with van der Waals surface area (Å²) >= 11 is 0. The van der Waals surface area contributed by atoms with Crippen LogP contribution in [0, 0.1) is 19.7 Å². The van der Waals surface area contributed by atoms with E-state index in [1.807, 2.05) is 32.0 Å². The van der Waals surface area contributed by atoms with E-state index in [-0.39, 0.29) is 11.3 Å². The third kappa shape index (κ3) is 4.20. The first-order valence-corrected chi connectivity index (χ1v) is 10.2. The van der Waals surface area contributed by atoms with Gasteiger partial charge in [-0.05, 0) is 50.1 Å². The number of nitrogens with one attached hydrogen (secondary N) is 1. The molecular formula is C24H22FN5O2. The second kappa shape index (κ2) is 8.58. The van der Waals surface area contributed by atoms with Gasteiger partial charge in [-0.15, -0.1) is 0 Å². The molecule has 4 aromatic rings. The van der Waals surface area contributed by atoms with E-state index in [0.717, 1.165) is 29.7 Å². The van der Waals surface area contributed by atoms with Crippen LogP contribution >= 0.6 is 0 Å². The van der Waals surface area contributed by atoms with Crippen molar-refractivity contribution in [3.05, 3.63) is 83.1 Å². The normalized spacial score (nSPS) is 10.9. The van der Waals surface area contributed by atoms with Crippen molar-refractivity contribution in [1.82, 2.24) is 19.7 Å². The molecular weight excluding hydrogens is 409 g/mol. The summed E-state index contributed by atoms with van der Waals surface area (Å²) in [6, 6.07) is 13.3. The van der Waals surface area contributed by atoms with Crippen LogP contribution in [0.25, 0.3) is 17.1 Å². The zero-order chi connectivity index (χ0) is 22.8. The summed E-state index contributed by atoms with van der Waals surface area (Å²) in [5, 5.41) is 17.3. The molecule has 4 rings (SSSR count). The van der Waals surface area contributed by atoms with Crippen LogP contribution in [-0.4, -0.2) is 30.8 Å². The highest BCUT2D eigenvalue weighted by atomic mass is 19.1. The van der Waals surface area contributed by atoms with E-state index in [9.17, 15) is 14.3 Å². The van der Waals surface area contributed by atoms with Gasteiger partial charge in [-0.2, -0.15) is 9.78 Å². The molecule has 2 aromatic heterocycles. The lowest BCUT2D eigenvalue weighted by Gasteiger charge is -2.12. The SMILES string of the molecule is CCc1cccc(-c2cc(Nc3cc(F)ccc3C(=O)O)n(-c3nc(C)cnc3C)n2)c1. The largest absolute Gasteiger partial charge is 0.478 e. The van der Waals surface area contributed by atoms with Gasteiger partial charge in [-0.25, -0.2) is 14.2 Å². The Morgan fingerprint density at radius 3 is 2.72 bits per heavy atom. The number of hydrogen-bond donors (Lipinski definition) is 2. The van der Waals surface area contributed by atoms with Crippen molar-refractivity contribution in [3.63, 3.8) is 0 Å². The number of aryl methyl sites for hydroxylation is 3. The Kier molecular flexibility index (Phi) is 5.68. The first-order valence-electron chi connectivity index (χ1n) is 10.2. The van der Waals surface area contributed by atoms with Gasteiger partial charge in [0.25, 0.3) is 0 Å². The van der Waals surface area contributed by atoms with Crippen molar-refractivity contribution < 1.29 is 14.3 Å². The Balaban J connectivity index is 1.89. The lowest BCUT2D eigenvalue weighted by Crippen LogP contribution is -2.10. The molecule has 0 atom stereocenters. The van der Waals surface area contributed by atoms with E-state index in [4.69, 9.17) is 5.10 Å². The Hall–Kier alpha value is -4.07. The molecule has 0 saturated carbocycles. The zero-order valence-corrected chi connectivity index (χ0v) is 17.9. The summed E-state index contributed by atoms with van der Waals surface area (Å²) in [6.45, 7) is 5.72. The number of carbonyl (C=O) groups is 1. The number of anilines is 2. The molecule has 2 N–H and O–H groups in total. The number of nitrogens with zero attached hydrogens (tertiary/aromatic N) is 4. The molecule has 0 saturated heterocycles. The molecule has 162 valence electrons. The molecule has 0 bridgehead atoms. The molecule has 32 heavy (non-hydrogen) atoms. The highest BCUT2D eigenvalue weighted by molar-refractivity contribution is 5.95. The average molecular weight is 431 g/mol. The van der Waals surface area contributed by atoms with Crippen LogP contribution in [0.5, 0.6) is 0 Å². The van der Waals surface area contributed by atoms with Gasteiger partial charge in [0.15, 0.2) is 5.82 Å². The van der Waals surface area contributed by atoms with Crippen molar-refractivity contribution >= 4 is 17.5 Å². The van der Waals surface area contributed by atoms with Crippen LogP contribution in [0.15, 0.2) is 54.7 Å². The number of halogens is 1. The van der Waals surface area contributed by atoms with Crippen molar-refractivity contribution in [3.8, 4) is 17.1 Å². The van der Waals surface area contributed by atoms with E-state index < -0.39 is 11.8 Å². The Morgan fingerprint density at radius 1 is 1.16 bits per heavy atom. The monoisotopic (exact) mass is 431 g/mol. The first-order chi connectivity index (χ1) is 15.4. The van der Waals surface area contributed by atoms with Crippen molar-refractivity contribution in [1.29, 1.82) is 0 Å². The van der Waals surface area contributed by atoms with Gasteiger partial charge in [0.1, 0.15) is 11.6 Å². The third-order valence-electron chi connectivity index (χ3n) is 5.07. The van der Waals surface area contributed by atoms with Crippen LogP contribution in [0.2, 0.25) is 0 Å². The lowest BCUT2D eigenvalue weighted by molar-refractivity contribution is 0.0698. The number of carboxylic acid groups (broad SMARTS) is 1. The molecule has 0 fully saturated rings. The number of rotatable bonds is 6. The van der Waals surface area contributed by atoms with E-state index in [1.165, 1.54) is 6.07 Å². The maximum atomic E-state index is 13.9. The van der Waals surface area contributed by atoms with Crippen molar-refractivity contribution in [2.75, 3.05) is 5.32 Å². The highest BCUT2D eigenvalue weighted by Crippen LogP contribution is 2.29. The van der Waals surface area contributed by atoms with Gasteiger partial charge in [0.2, 0.25) is 0 Å². The standard InChI is InChI=1S/C24H22FN5O2/c1-4-16-6-5-7-17(10-16)20-12-22(28-21-11-18(25)8-9-19(21)24(31)32)30(29-20)23-15(3)26-13-14(2)27-23/h5-13,28H,4H2,1-3H3,(H,31,32). The Labute approximate surface area is 184 Å². The summed E-state index contributed by atoms with van der Waals surface area (Å²) in [5.41, 5.74) is 4.15. The van der Waals surface area contributed by atoms with E-state index in [1.54, 1.807) is 16.9 Å². The topological polar surface area (TPSA) is 92.9 Å². The molecule has 8 heteroatoms. The van der Waals surface area contributed by atoms with Crippen LogP contribution in [-0.2, 0) is 6.42 Å². The molecule has 2 heterocycles. The fraction of sp³-hybridized carbons (Fsp3) is 0.167. The van der Waals surface area contributed by atoms with Gasteiger partial charge in [0.05, 0.1) is 28.3 Å². The van der Waals surface area contributed by atoms with Crippen LogP contribution in [0.1, 0.15) is 34.2 Å². The molecule has 0 spiro atoms. The van der Waals surface area contributed by atoms with E-state index in [2.05, 4.69) is 28.3 Å². The summed E-state index contributed by atoms with van der Waals surface area (Å²) in [6.07, 6.45) is 2.55. The molecule has 0 unspecified atom stereocenters. The summed E-state index contributed by atoms with van der Waals surface area (Å²) in [7, 11) is 0. The molecule has 0 amide bonds. The molecule has 2 aromatic carbocycles. The van der Waals surface area contributed by atoms with Gasteiger partial charge in [0, 0.05) is 17.8 Å². The molecule has 0 radical (unpaired) electrons. The Bertz CT molecular complexity index is 1320. The number of hydrogen-bond acceptors (Lipinski definition) is 5. The van der Waals surface area contributed by atoms with Gasteiger partial charge >= 0.3 is 5.97 Å². The van der Waals surface area contributed by atoms with Crippen molar-refractivity contribution in [2.24, 2.45) is 0 Å². The third-order valence-corrected chi connectivity index (χ3v) is 5.07. The summed E-state index contributed by atoms with van der Waals surface area (Å²) in [5.74, 6) is -0.774. The molecule has 0 aliphatic carbocycles. The zero-order valence-electron chi connectivity index (χ0n) is 17.9. The predicted octanol–water partition coefficient (Wildman–Crippen LogP) is 5.09. The fourth-order valence-corrected chi connectivity index (χ4v) is 3.39. The van der Waals surface area contributed by atoms with Gasteiger partial charge in [-0.1, -0.05) is 25.1 Å². The number of aromatic carboxylic acids is 1. The minimum absolute atomic E-state index is 0.0549. The Morgan fingerprint density at radius 2 is 1.97 bits per heavy atom. The lowest BCUT2D eigenvalue weighted by atomic mass is 10.1. The second-order valence-corrected chi connectivity index (χ2v) is 7.42. The average Bonchev–Trinajstić information content (AvgIpc) is 3.19.